The van der Waals surface area contributed by atoms with Gasteiger partial charge in [0.25, 0.3) is 5.91 Å². The molecule has 1 aromatic rings. The zero-order valence-electron chi connectivity index (χ0n) is 13.7. The zero-order valence-corrected chi connectivity index (χ0v) is 13.7. The summed E-state index contributed by atoms with van der Waals surface area (Å²) in [6.45, 7) is 6.54. The Labute approximate surface area is 132 Å². The van der Waals surface area contributed by atoms with Crippen molar-refractivity contribution in [3.05, 3.63) is 29.3 Å². The first-order valence-electron chi connectivity index (χ1n) is 8.15. The summed E-state index contributed by atoms with van der Waals surface area (Å²) in [5, 5.41) is 0. The lowest BCUT2D eigenvalue weighted by Crippen LogP contribution is -2.36. The molecule has 0 saturated carbocycles. The maximum atomic E-state index is 12.8. The molecule has 1 amide bonds. The van der Waals surface area contributed by atoms with E-state index in [-0.39, 0.29) is 11.5 Å². The van der Waals surface area contributed by atoms with Crippen LogP contribution in [-0.2, 0) is 4.74 Å². The molecule has 2 aliphatic heterocycles. The fourth-order valence-electron chi connectivity index (χ4n) is 3.68. The summed E-state index contributed by atoms with van der Waals surface area (Å²) in [7, 11) is 1.64. The second-order valence-electron chi connectivity index (χ2n) is 6.63. The van der Waals surface area contributed by atoms with Crippen molar-refractivity contribution in [2.24, 2.45) is 5.92 Å². The minimum Gasteiger partial charge on any atom is -0.497 e. The number of methoxy groups -OCH3 is 1. The molecular weight excluding hydrogens is 278 g/mol. The summed E-state index contributed by atoms with van der Waals surface area (Å²) >= 11 is 0. The topological polar surface area (TPSA) is 38.8 Å². The van der Waals surface area contributed by atoms with Crippen molar-refractivity contribution < 1.29 is 14.3 Å². The first-order chi connectivity index (χ1) is 10.6. The molecule has 0 N–H and O–H groups in total. The number of carbonyl (C=O) groups excluding carboxylic acids is 1. The second kappa shape index (κ2) is 5.92. The number of hydrogen-bond donors (Lipinski definition) is 0. The normalized spacial score (nSPS) is 27.6. The van der Waals surface area contributed by atoms with Gasteiger partial charge in [-0.05, 0) is 49.4 Å². The molecule has 0 aromatic heterocycles. The van der Waals surface area contributed by atoms with Crippen LogP contribution in [0.5, 0.6) is 5.75 Å². The molecule has 0 aliphatic carbocycles. The summed E-state index contributed by atoms with van der Waals surface area (Å²) in [5.74, 6) is 1.55. The highest BCUT2D eigenvalue weighted by molar-refractivity contribution is 5.96. The van der Waals surface area contributed by atoms with Gasteiger partial charge in [0.15, 0.2) is 0 Å². The molecule has 120 valence electrons. The van der Waals surface area contributed by atoms with Crippen LogP contribution in [0.3, 0.4) is 0 Å². The molecule has 2 fully saturated rings. The third-order valence-corrected chi connectivity index (χ3v) is 5.13. The molecule has 0 radical (unpaired) electrons. The van der Waals surface area contributed by atoms with Gasteiger partial charge < -0.3 is 14.4 Å². The summed E-state index contributed by atoms with van der Waals surface area (Å²) < 4.78 is 11.3. The number of benzene rings is 1. The number of carbonyl (C=O) groups is 1. The van der Waals surface area contributed by atoms with Crippen LogP contribution in [0.25, 0.3) is 0 Å². The monoisotopic (exact) mass is 303 g/mol. The van der Waals surface area contributed by atoms with Crippen molar-refractivity contribution in [1.29, 1.82) is 0 Å². The Balaban J connectivity index is 1.72. The van der Waals surface area contributed by atoms with Crippen LogP contribution < -0.4 is 4.74 Å². The lowest BCUT2D eigenvalue weighted by atomic mass is 9.92. The molecule has 22 heavy (non-hydrogen) atoms. The van der Waals surface area contributed by atoms with Crippen LogP contribution >= 0.6 is 0 Å². The van der Waals surface area contributed by atoms with Crippen LogP contribution in [0.1, 0.15) is 42.1 Å². The number of nitrogens with zero attached hydrogens (tertiary/aromatic N) is 1. The van der Waals surface area contributed by atoms with Gasteiger partial charge in [0.2, 0.25) is 0 Å². The van der Waals surface area contributed by atoms with E-state index in [0.717, 1.165) is 55.8 Å². The van der Waals surface area contributed by atoms with Gasteiger partial charge in [0.05, 0.1) is 25.9 Å². The zero-order chi connectivity index (χ0) is 15.7. The Morgan fingerprint density at radius 3 is 2.95 bits per heavy atom. The highest BCUT2D eigenvalue weighted by atomic mass is 16.5. The Bertz CT molecular complexity index is 571. The molecule has 1 spiro atoms. The Hall–Kier alpha value is -1.55. The molecule has 4 heteroatoms. The number of hydrogen-bond acceptors (Lipinski definition) is 3. The molecule has 0 bridgehead atoms. The van der Waals surface area contributed by atoms with E-state index in [2.05, 4.69) is 6.92 Å². The van der Waals surface area contributed by atoms with Crippen molar-refractivity contribution in [2.45, 2.75) is 38.7 Å². The molecule has 2 atom stereocenters. The Morgan fingerprint density at radius 2 is 2.32 bits per heavy atom. The van der Waals surface area contributed by atoms with E-state index in [1.165, 1.54) is 0 Å². The minimum absolute atomic E-state index is 0.0866. The van der Waals surface area contributed by atoms with Crippen molar-refractivity contribution >= 4 is 5.91 Å². The quantitative estimate of drug-likeness (QED) is 0.861. The van der Waals surface area contributed by atoms with Crippen LogP contribution in [0.15, 0.2) is 18.2 Å². The molecular formula is C18H25NO3. The molecule has 2 heterocycles. The van der Waals surface area contributed by atoms with Gasteiger partial charge in [-0.25, -0.2) is 0 Å². The van der Waals surface area contributed by atoms with E-state index in [1.807, 2.05) is 30.0 Å². The second-order valence-corrected chi connectivity index (χ2v) is 6.63. The van der Waals surface area contributed by atoms with Crippen molar-refractivity contribution in [2.75, 3.05) is 26.8 Å². The average Bonchev–Trinajstić information content (AvgIpc) is 3.14. The molecule has 2 saturated heterocycles. The van der Waals surface area contributed by atoms with Gasteiger partial charge >= 0.3 is 0 Å². The average molecular weight is 303 g/mol. The van der Waals surface area contributed by atoms with Crippen molar-refractivity contribution in [3.8, 4) is 5.75 Å². The Morgan fingerprint density at radius 1 is 1.50 bits per heavy atom. The lowest BCUT2D eigenvalue weighted by molar-refractivity contribution is 0.0116. The van der Waals surface area contributed by atoms with E-state index in [0.29, 0.717) is 5.92 Å². The maximum Gasteiger partial charge on any atom is 0.254 e. The number of likely N-dealkylation sites (tertiary alicyclic amines) is 1. The van der Waals surface area contributed by atoms with Crippen LogP contribution in [-0.4, -0.2) is 43.2 Å². The van der Waals surface area contributed by atoms with Gasteiger partial charge in [-0.15, -0.1) is 0 Å². The molecule has 2 aliphatic rings. The van der Waals surface area contributed by atoms with E-state index < -0.39 is 0 Å². The van der Waals surface area contributed by atoms with Crippen LogP contribution in [0, 0.1) is 12.8 Å². The molecule has 4 nitrogen and oxygen atoms in total. The standard InChI is InChI=1S/C18H25NO3/c1-4-14-10-18(22-11-14)7-8-19(12-18)17(20)16-6-5-15(21-3)9-13(16)2/h5-6,9,14H,4,7-8,10-12H2,1-3H3. The first kappa shape index (κ1) is 15.3. The van der Waals surface area contributed by atoms with Gasteiger partial charge in [0.1, 0.15) is 5.75 Å². The third-order valence-electron chi connectivity index (χ3n) is 5.13. The van der Waals surface area contributed by atoms with Gasteiger partial charge in [0, 0.05) is 12.1 Å². The Kier molecular flexibility index (Phi) is 4.13. The number of ether oxygens (including phenoxy) is 2. The highest BCUT2D eigenvalue weighted by Gasteiger charge is 2.46. The fourth-order valence-corrected chi connectivity index (χ4v) is 3.68. The summed E-state index contributed by atoms with van der Waals surface area (Å²) in [4.78, 5) is 14.7. The SMILES string of the molecule is CCC1COC2(CCN(C(=O)c3ccc(OC)cc3C)C2)C1. The minimum atomic E-state index is -0.0866. The van der Waals surface area contributed by atoms with E-state index >= 15 is 0 Å². The van der Waals surface area contributed by atoms with E-state index in [9.17, 15) is 4.79 Å². The number of rotatable bonds is 3. The third kappa shape index (κ3) is 2.72. The van der Waals surface area contributed by atoms with E-state index in [1.54, 1.807) is 7.11 Å². The lowest BCUT2D eigenvalue weighted by Gasteiger charge is -2.24. The summed E-state index contributed by atoms with van der Waals surface area (Å²) in [5.41, 5.74) is 1.64. The van der Waals surface area contributed by atoms with Crippen LogP contribution in [0.4, 0.5) is 0 Å². The number of aryl methyl sites for hydroxylation is 1. The van der Waals surface area contributed by atoms with Gasteiger partial charge in [-0.3, -0.25) is 4.79 Å². The smallest absolute Gasteiger partial charge is 0.254 e. The van der Waals surface area contributed by atoms with Gasteiger partial charge in [-0.1, -0.05) is 13.3 Å². The predicted molar refractivity (Wildman–Crippen MR) is 85.3 cm³/mol. The fraction of sp³-hybridized carbons (Fsp3) is 0.611. The molecule has 3 rings (SSSR count). The summed E-state index contributed by atoms with van der Waals surface area (Å²) in [6.07, 6.45) is 3.21. The van der Waals surface area contributed by atoms with Crippen molar-refractivity contribution in [3.63, 3.8) is 0 Å². The summed E-state index contributed by atoms with van der Waals surface area (Å²) in [6, 6.07) is 5.63. The van der Waals surface area contributed by atoms with Crippen LogP contribution in [0.2, 0.25) is 0 Å². The first-order valence-corrected chi connectivity index (χ1v) is 8.15. The molecule has 2 unspecified atom stereocenters. The molecule has 1 aromatic carbocycles. The van der Waals surface area contributed by atoms with Crippen molar-refractivity contribution in [1.82, 2.24) is 4.90 Å². The van der Waals surface area contributed by atoms with Gasteiger partial charge in [-0.2, -0.15) is 0 Å². The maximum absolute atomic E-state index is 12.8. The highest BCUT2D eigenvalue weighted by Crippen LogP contribution is 2.39. The largest absolute Gasteiger partial charge is 0.497 e. The predicted octanol–water partition coefficient (Wildman–Crippen LogP) is 3.03. The number of amides is 1. The van der Waals surface area contributed by atoms with E-state index in [4.69, 9.17) is 9.47 Å².